The molecule has 5 heteroatoms. The topological polar surface area (TPSA) is 52.6 Å². The Kier molecular flexibility index (Phi) is 6.68. The highest BCUT2D eigenvalue weighted by Crippen LogP contribution is 2.20. The van der Waals surface area contributed by atoms with Gasteiger partial charge >= 0.3 is 11.9 Å². The number of hydrogen-bond acceptors (Lipinski definition) is 4. The summed E-state index contributed by atoms with van der Waals surface area (Å²) < 4.78 is 10.9. The maximum absolute atomic E-state index is 12.8. The van der Waals surface area contributed by atoms with E-state index in [-0.39, 0.29) is 6.42 Å². The third-order valence-electron chi connectivity index (χ3n) is 4.40. The van der Waals surface area contributed by atoms with Crippen LogP contribution < -0.4 is 9.47 Å². The summed E-state index contributed by atoms with van der Waals surface area (Å²) >= 11 is 5.93. The number of hydrogen-bond donors (Lipinski definition) is 0. The fourth-order valence-corrected chi connectivity index (χ4v) is 2.83. The van der Waals surface area contributed by atoms with E-state index < -0.39 is 17.9 Å². The molecule has 4 nitrogen and oxygen atoms in total. The lowest BCUT2D eigenvalue weighted by Gasteiger charge is -2.15. The molecule has 29 heavy (non-hydrogen) atoms. The molecule has 0 aliphatic carbocycles. The predicted molar refractivity (Wildman–Crippen MR) is 112 cm³/mol. The number of halogens is 1. The zero-order valence-corrected chi connectivity index (χ0v) is 17.0. The van der Waals surface area contributed by atoms with Crippen molar-refractivity contribution in [3.8, 4) is 11.5 Å². The van der Waals surface area contributed by atoms with Gasteiger partial charge in [0.05, 0.1) is 0 Å². The van der Waals surface area contributed by atoms with Gasteiger partial charge < -0.3 is 9.47 Å². The number of carbonyl (C=O) groups is 2. The molecular weight excluding hydrogens is 388 g/mol. The average Bonchev–Trinajstić information content (AvgIpc) is 2.71. The Morgan fingerprint density at radius 1 is 0.724 bits per heavy atom. The lowest BCUT2D eigenvalue weighted by atomic mass is 9.99. The molecule has 3 rings (SSSR count). The van der Waals surface area contributed by atoms with Crippen LogP contribution in [0.1, 0.15) is 16.7 Å². The molecule has 0 radical (unpaired) electrons. The molecule has 0 spiro atoms. The van der Waals surface area contributed by atoms with E-state index in [0.29, 0.717) is 16.5 Å². The van der Waals surface area contributed by atoms with Crippen LogP contribution in [0.15, 0.2) is 72.8 Å². The number of benzene rings is 3. The van der Waals surface area contributed by atoms with Crippen molar-refractivity contribution in [3.05, 3.63) is 94.5 Å². The van der Waals surface area contributed by atoms with Gasteiger partial charge in [0.15, 0.2) is 5.92 Å². The molecule has 0 amide bonds. The highest BCUT2D eigenvalue weighted by atomic mass is 35.5. The van der Waals surface area contributed by atoms with E-state index in [2.05, 4.69) is 0 Å². The van der Waals surface area contributed by atoms with Gasteiger partial charge in [-0.25, -0.2) is 0 Å². The number of carbonyl (C=O) groups excluding carboxylic acids is 2. The minimum absolute atomic E-state index is 0.145. The van der Waals surface area contributed by atoms with Crippen LogP contribution in [0.2, 0.25) is 5.02 Å². The molecule has 0 saturated carbocycles. The van der Waals surface area contributed by atoms with Crippen LogP contribution in [0.25, 0.3) is 0 Å². The Labute approximate surface area is 175 Å². The zero-order valence-electron chi connectivity index (χ0n) is 16.2. The van der Waals surface area contributed by atoms with Crippen molar-refractivity contribution in [2.24, 2.45) is 5.92 Å². The minimum atomic E-state index is -1.11. The molecule has 0 aliphatic heterocycles. The summed E-state index contributed by atoms with van der Waals surface area (Å²) in [6, 6.07) is 21.1. The van der Waals surface area contributed by atoms with E-state index in [0.717, 1.165) is 16.7 Å². The smallest absolute Gasteiger partial charge is 0.326 e. The molecule has 0 fully saturated rings. The standard InChI is InChI=1S/C24H21ClO4/c1-16-3-11-20(12-4-16)28-23(26)22(15-18-7-9-19(25)10-8-18)24(27)29-21-13-5-17(2)6-14-21/h3-14,22H,15H2,1-2H3. The van der Waals surface area contributed by atoms with Crippen molar-refractivity contribution in [1.29, 1.82) is 0 Å². The molecule has 148 valence electrons. The molecule has 0 atom stereocenters. The number of esters is 2. The van der Waals surface area contributed by atoms with Gasteiger partial charge in [0.2, 0.25) is 0 Å². The second-order valence-corrected chi connectivity index (χ2v) is 7.29. The third kappa shape index (κ3) is 5.93. The predicted octanol–water partition coefficient (Wildman–Crippen LogP) is 5.33. The molecule has 0 saturated heterocycles. The van der Waals surface area contributed by atoms with Crippen LogP contribution in [0.3, 0.4) is 0 Å². The van der Waals surface area contributed by atoms with Crippen molar-refractivity contribution in [2.45, 2.75) is 20.3 Å². The molecule has 0 unspecified atom stereocenters. The van der Waals surface area contributed by atoms with Gasteiger partial charge in [-0.15, -0.1) is 0 Å². The Bertz CT molecular complexity index is 917. The maximum Gasteiger partial charge on any atom is 0.326 e. The van der Waals surface area contributed by atoms with Crippen LogP contribution in [-0.2, 0) is 16.0 Å². The Morgan fingerprint density at radius 2 is 1.14 bits per heavy atom. The van der Waals surface area contributed by atoms with Crippen LogP contribution >= 0.6 is 11.6 Å². The first-order chi connectivity index (χ1) is 13.9. The lowest BCUT2D eigenvalue weighted by molar-refractivity contribution is -0.151. The quantitative estimate of drug-likeness (QED) is 0.314. The highest BCUT2D eigenvalue weighted by molar-refractivity contribution is 6.30. The summed E-state index contributed by atoms with van der Waals surface area (Å²) in [5.74, 6) is -1.68. The second kappa shape index (κ2) is 9.39. The Morgan fingerprint density at radius 3 is 1.55 bits per heavy atom. The SMILES string of the molecule is Cc1ccc(OC(=O)C(Cc2ccc(Cl)cc2)C(=O)Oc2ccc(C)cc2)cc1. The van der Waals surface area contributed by atoms with Crippen molar-refractivity contribution in [3.63, 3.8) is 0 Å². The van der Waals surface area contributed by atoms with Gasteiger partial charge in [-0.05, 0) is 62.2 Å². The summed E-state index contributed by atoms with van der Waals surface area (Å²) in [4.78, 5) is 25.6. The first kappa shape index (κ1) is 20.6. The van der Waals surface area contributed by atoms with Gasteiger partial charge in [-0.3, -0.25) is 9.59 Å². The van der Waals surface area contributed by atoms with E-state index >= 15 is 0 Å². The normalized spacial score (nSPS) is 10.6. The minimum Gasteiger partial charge on any atom is -0.426 e. The number of ether oxygens (including phenoxy) is 2. The zero-order chi connectivity index (χ0) is 20.8. The first-order valence-electron chi connectivity index (χ1n) is 9.22. The average molecular weight is 409 g/mol. The summed E-state index contributed by atoms with van der Waals surface area (Å²) in [6.45, 7) is 3.88. The largest absolute Gasteiger partial charge is 0.426 e. The monoisotopic (exact) mass is 408 g/mol. The van der Waals surface area contributed by atoms with Crippen molar-refractivity contribution in [1.82, 2.24) is 0 Å². The van der Waals surface area contributed by atoms with Gasteiger partial charge in [0, 0.05) is 5.02 Å². The van der Waals surface area contributed by atoms with Crippen LogP contribution in [0.4, 0.5) is 0 Å². The van der Waals surface area contributed by atoms with Crippen molar-refractivity contribution >= 4 is 23.5 Å². The summed E-state index contributed by atoms with van der Waals surface area (Å²) in [5, 5.41) is 0.578. The van der Waals surface area contributed by atoms with Gasteiger partial charge in [-0.1, -0.05) is 59.1 Å². The molecular formula is C24H21ClO4. The molecule has 3 aromatic carbocycles. The molecule has 0 N–H and O–H groups in total. The summed E-state index contributed by atoms with van der Waals surface area (Å²) in [7, 11) is 0. The molecule has 0 aromatic heterocycles. The Balaban J connectivity index is 1.80. The summed E-state index contributed by atoms with van der Waals surface area (Å²) in [6.07, 6.45) is 0.145. The number of rotatable bonds is 6. The van der Waals surface area contributed by atoms with E-state index in [1.165, 1.54) is 0 Å². The first-order valence-corrected chi connectivity index (χ1v) is 9.59. The fraction of sp³-hybridized carbons (Fsp3) is 0.167. The Hall–Kier alpha value is -3.11. The second-order valence-electron chi connectivity index (χ2n) is 6.85. The van der Waals surface area contributed by atoms with E-state index in [1.54, 1.807) is 48.5 Å². The maximum atomic E-state index is 12.8. The number of aryl methyl sites for hydroxylation is 2. The van der Waals surface area contributed by atoms with Crippen molar-refractivity contribution < 1.29 is 19.1 Å². The van der Waals surface area contributed by atoms with Crippen LogP contribution in [0, 0.1) is 19.8 Å². The third-order valence-corrected chi connectivity index (χ3v) is 4.65. The van der Waals surface area contributed by atoms with Crippen LogP contribution in [0.5, 0.6) is 11.5 Å². The van der Waals surface area contributed by atoms with Gasteiger partial charge in [0.1, 0.15) is 11.5 Å². The van der Waals surface area contributed by atoms with Crippen LogP contribution in [-0.4, -0.2) is 11.9 Å². The molecule has 0 heterocycles. The molecule has 0 bridgehead atoms. The van der Waals surface area contributed by atoms with Crippen molar-refractivity contribution in [2.75, 3.05) is 0 Å². The molecule has 3 aromatic rings. The lowest BCUT2D eigenvalue weighted by Crippen LogP contribution is -2.33. The van der Waals surface area contributed by atoms with Gasteiger partial charge in [0.25, 0.3) is 0 Å². The molecule has 0 aliphatic rings. The highest BCUT2D eigenvalue weighted by Gasteiger charge is 2.31. The van der Waals surface area contributed by atoms with Gasteiger partial charge in [-0.2, -0.15) is 0 Å². The van der Waals surface area contributed by atoms with E-state index in [4.69, 9.17) is 21.1 Å². The van der Waals surface area contributed by atoms with E-state index in [1.807, 2.05) is 38.1 Å². The van der Waals surface area contributed by atoms with E-state index in [9.17, 15) is 9.59 Å². The fourth-order valence-electron chi connectivity index (χ4n) is 2.71. The summed E-state index contributed by atoms with van der Waals surface area (Å²) in [5.41, 5.74) is 2.86.